The van der Waals surface area contributed by atoms with Crippen molar-refractivity contribution < 1.29 is 9.57 Å². The highest BCUT2D eigenvalue weighted by molar-refractivity contribution is 6.30. The maximum absolute atomic E-state index is 8.32. The van der Waals surface area contributed by atoms with Crippen molar-refractivity contribution in [3.8, 4) is 6.07 Å². The van der Waals surface area contributed by atoms with Crippen molar-refractivity contribution in [3.05, 3.63) is 34.9 Å². The largest absolute Gasteiger partial charge is 0.475 e. The summed E-state index contributed by atoms with van der Waals surface area (Å²) in [4.78, 5) is 4.75. The van der Waals surface area contributed by atoms with Gasteiger partial charge in [0, 0.05) is 10.6 Å². The van der Waals surface area contributed by atoms with Gasteiger partial charge in [-0.05, 0) is 30.3 Å². The number of nitriles is 1. The lowest BCUT2D eigenvalue weighted by atomic mass is 10.2. The number of oxime groups is 1. The summed E-state index contributed by atoms with van der Waals surface area (Å²) in [5, 5.41) is 12.6. The molecule has 0 aliphatic heterocycles. The fraction of sp³-hybridized carbons (Fsp3) is 0.273. The molecule has 84 valence electrons. The Kier molecular flexibility index (Phi) is 5.17. The molecule has 0 aliphatic carbocycles. The molecule has 0 saturated heterocycles. The zero-order valence-electron chi connectivity index (χ0n) is 8.81. The number of rotatable bonds is 4. The van der Waals surface area contributed by atoms with Crippen molar-refractivity contribution in [1.82, 2.24) is 0 Å². The first-order valence-electron chi connectivity index (χ1n) is 4.73. The lowest BCUT2D eigenvalue weighted by molar-refractivity contribution is 0.164. The van der Waals surface area contributed by atoms with E-state index in [2.05, 4.69) is 5.16 Å². The van der Waals surface area contributed by atoms with Crippen LogP contribution in [0.5, 0.6) is 0 Å². The van der Waals surface area contributed by atoms with Gasteiger partial charge in [0.1, 0.15) is 6.07 Å². The van der Waals surface area contributed by atoms with Gasteiger partial charge in [0.15, 0.2) is 0 Å². The SMILES string of the molecule is CCOC(=NOCC#N)c1cccc(Cl)c1. The van der Waals surface area contributed by atoms with E-state index in [1.807, 2.05) is 13.0 Å². The molecule has 0 bridgehead atoms. The van der Waals surface area contributed by atoms with Crippen molar-refractivity contribution in [2.24, 2.45) is 5.16 Å². The van der Waals surface area contributed by atoms with Gasteiger partial charge in [0.05, 0.1) is 6.61 Å². The molecule has 0 spiro atoms. The van der Waals surface area contributed by atoms with Crippen LogP contribution in [0.4, 0.5) is 0 Å². The Bertz CT molecular complexity index is 413. The molecule has 0 radical (unpaired) electrons. The minimum Gasteiger partial charge on any atom is -0.475 e. The highest BCUT2D eigenvalue weighted by Gasteiger charge is 2.05. The third kappa shape index (κ3) is 3.79. The summed E-state index contributed by atoms with van der Waals surface area (Å²) in [7, 11) is 0. The van der Waals surface area contributed by atoms with Crippen molar-refractivity contribution in [1.29, 1.82) is 5.26 Å². The van der Waals surface area contributed by atoms with Crippen LogP contribution in [0.15, 0.2) is 29.4 Å². The number of hydrogen-bond acceptors (Lipinski definition) is 4. The standard InChI is InChI=1S/C11H11ClN2O2/c1-2-15-11(14-16-7-6-13)9-4-3-5-10(12)8-9/h3-5,8H,2,7H2,1H3. The topological polar surface area (TPSA) is 54.6 Å². The van der Waals surface area contributed by atoms with E-state index in [4.69, 9.17) is 26.4 Å². The highest BCUT2D eigenvalue weighted by atomic mass is 35.5. The molecular formula is C11H11ClN2O2. The zero-order valence-corrected chi connectivity index (χ0v) is 9.57. The minimum atomic E-state index is -0.114. The number of ether oxygens (including phenoxy) is 1. The summed E-state index contributed by atoms with van der Waals surface area (Å²) in [5.41, 5.74) is 0.715. The Balaban J connectivity index is 2.85. The summed E-state index contributed by atoms with van der Waals surface area (Å²) in [6.45, 7) is 2.18. The third-order valence-electron chi connectivity index (χ3n) is 1.63. The predicted molar refractivity (Wildman–Crippen MR) is 61.2 cm³/mol. The predicted octanol–water partition coefficient (Wildman–Crippen LogP) is 2.58. The van der Waals surface area contributed by atoms with Gasteiger partial charge in [-0.3, -0.25) is 0 Å². The highest BCUT2D eigenvalue weighted by Crippen LogP contribution is 2.12. The molecule has 16 heavy (non-hydrogen) atoms. The van der Waals surface area contributed by atoms with E-state index in [1.54, 1.807) is 24.3 Å². The lowest BCUT2D eigenvalue weighted by Gasteiger charge is -2.06. The third-order valence-corrected chi connectivity index (χ3v) is 1.86. The molecule has 1 aromatic rings. The first-order chi connectivity index (χ1) is 7.77. The van der Waals surface area contributed by atoms with Gasteiger partial charge in [-0.1, -0.05) is 17.7 Å². The van der Waals surface area contributed by atoms with Crippen LogP contribution in [0.1, 0.15) is 12.5 Å². The normalized spacial score (nSPS) is 10.7. The summed E-state index contributed by atoms with van der Waals surface area (Å²) in [6, 6.07) is 8.88. The van der Waals surface area contributed by atoms with Gasteiger partial charge < -0.3 is 9.57 Å². The molecule has 1 aromatic carbocycles. The second-order valence-electron chi connectivity index (χ2n) is 2.77. The van der Waals surface area contributed by atoms with Gasteiger partial charge in [0.25, 0.3) is 5.90 Å². The molecule has 0 heterocycles. The van der Waals surface area contributed by atoms with Gasteiger partial charge in [0.2, 0.25) is 6.61 Å². The van der Waals surface area contributed by atoms with Crippen LogP contribution < -0.4 is 0 Å². The van der Waals surface area contributed by atoms with Crippen LogP contribution in [0, 0.1) is 11.3 Å². The van der Waals surface area contributed by atoms with E-state index in [0.717, 1.165) is 0 Å². The van der Waals surface area contributed by atoms with Crippen molar-refractivity contribution in [2.45, 2.75) is 6.92 Å². The molecule has 4 nitrogen and oxygen atoms in total. The van der Waals surface area contributed by atoms with Crippen molar-refractivity contribution >= 4 is 17.5 Å². The summed E-state index contributed by atoms with van der Waals surface area (Å²) in [6.07, 6.45) is 0. The quantitative estimate of drug-likeness (QED) is 0.351. The molecule has 0 unspecified atom stereocenters. The van der Waals surface area contributed by atoms with Gasteiger partial charge in [-0.25, -0.2) is 0 Å². The number of benzene rings is 1. The minimum absolute atomic E-state index is 0.114. The van der Waals surface area contributed by atoms with Crippen LogP contribution >= 0.6 is 11.6 Å². The summed E-state index contributed by atoms with van der Waals surface area (Å²) < 4.78 is 5.29. The molecule has 1 rings (SSSR count). The van der Waals surface area contributed by atoms with Crippen LogP contribution in [0.25, 0.3) is 0 Å². The summed E-state index contributed by atoms with van der Waals surface area (Å²) >= 11 is 5.85. The van der Waals surface area contributed by atoms with Crippen LogP contribution in [0.3, 0.4) is 0 Å². The molecular weight excluding hydrogens is 228 g/mol. The molecule has 0 aliphatic rings. The first kappa shape index (κ1) is 12.3. The zero-order chi connectivity index (χ0) is 11.8. The van der Waals surface area contributed by atoms with Crippen molar-refractivity contribution in [3.63, 3.8) is 0 Å². The Morgan fingerprint density at radius 2 is 2.38 bits per heavy atom. The first-order valence-corrected chi connectivity index (χ1v) is 5.11. The number of nitrogens with zero attached hydrogens (tertiary/aromatic N) is 2. The fourth-order valence-corrected chi connectivity index (χ4v) is 1.23. The second kappa shape index (κ2) is 6.70. The van der Waals surface area contributed by atoms with E-state index >= 15 is 0 Å². The molecule has 0 atom stereocenters. The van der Waals surface area contributed by atoms with E-state index in [1.165, 1.54) is 0 Å². The van der Waals surface area contributed by atoms with E-state index in [0.29, 0.717) is 23.1 Å². The Labute approximate surface area is 99.0 Å². The average molecular weight is 239 g/mol. The molecule has 0 aromatic heterocycles. The van der Waals surface area contributed by atoms with E-state index in [-0.39, 0.29) is 6.61 Å². The maximum Gasteiger partial charge on any atom is 0.257 e. The molecule has 0 fully saturated rings. The molecule has 0 N–H and O–H groups in total. The Hall–Kier alpha value is -1.73. The second-order valence-corrected chi connectivity index (χ2v) is 3.21. The van der Waals surface area contributed by atoms with Crippen LogP contribution in [-0.2, 0) is 9.57 Å². The van der Waals surface area contributed by atoms with E-state index in [9.17, 15) is 0 Å². The summed E-state index contributed by atoms with van der Waals surface area (Å²) in [5.74, 6) is 0.320. The fourth-order valence-electron chi connectivity index (χ4n) is 1.04. The Morgan fingerprint density at radius 1 is 1.56 bits per heavy atom. The number of hydrogen-bond donors (Lipinski definition) is 0. The average Bonchev–Trinajstić information content (AvgIpc) is 2.28. The Morgan fingerprint density at radius 3 is 3.00 bits per heavy atom. The lowest BCUT2D eigenvalue weighted by Crippen LogP contribution is -2.07. The van der Waals surface area contributed by atoms with Gasteiger partial charge >= 0.3 is 0 Å². The maximum atomic E-state index is 8.32. The monoisotopic (exact) mass is 238 g/mol. The van der Waals surface area contributed by atoms with E-state index < -0.39 is 0 Å². The molecule has 5 heteroatoms. The number of halogens is 1. The van der Waals surface area contributed by atoms with Gasteiger partial charge in [-0.15, -0.1) is 0 Å². The van der Waals surface area contributed by atoms with Gasteiger partial charge in [-0.2, -0.15) is 5.26 Å². The molecule has 0 saturated carbocycles. The van der Waals surface area contributed by atoms with Crippen molar-refractivity contribution in [2.75, 3.05) is 13.2 Å². The smallest absolute Gasteiger partial charge is 0.257 e. The molecule has 0 amide bonds. The van der Waals surface area contributed by atoms with Crippen LogP contribution in [-0.4, -0.2) is 19.1 Å². The van der Waals surface area contributed by atoms with Crippen LogP contribution in [0.2, 0.25) is 5.02 Å².